The van der Waals surface area contributed by atoms with Crippen LogP contribution in [0.5, 0.6) is 0 Å². The first-order chi connectivity index (χ1) is 9.38. The Balaban J connectivity index is 1.72. The topological polar surface area (TPSA) is 35.5 Å². The van der Waals surface area contributed by atoms with E-state index >= 15 is 0 Å². The molecule has 1 aromatic rings. The van der Waals surface area contributed by atoms with Gasteiger partial charge in [0.25, 0.3) is 0 Å². The molecule has 104 valence electrons. The largest absolute Gasteiger partial charge is 0.394 e. The van der Waals surface area contributed by atoms with Crippen molar-refractivity contribution < 1.29 is 5.11 Å². The summed E-state index contributed by atoms with van der Waals surface area (Å²) in [7, 11) is 0. The molecule has 0 spiro atoms. The lowest BCUT2D eigenvalue weighted by atomic mass is 10.0. The molecule has 1 heterocycles. The highest BCUT2D eigenvalue weighted by molar-refractivity contribution is 5.29. The Morgan fingerprint density at radius 3 is 2.63 bits per heavy atom. The van der Waals surface area contributed by atoms with E-state index in [2.05, 4.69) is 34.5 Å². The second-order valence-electron chi connectivity index (χ2n) is 5.78. The van der Waals surface area contributed by atoms with Gasteiger partial charge in [-0.05, 0) is 42.9 Å². The lowest BCUT2D eigenvalue weighted by Gasteiger charge is -2.29. The molecule has 0 aromatic heterocycles. The lowest BCUT2D eigenvalue weighted by molar-refractivity contribution is 0.130. The quantitative estimate of drug-likeness (QED) is 0.868. The van der Waals surface area contributed by atoms with Gasteiger partial charge in [0.15, 0.2) is 0 Å². The van der Waals surface area contributed by atoms with Crippen LogP contribution in [0.4, 0.5) is 0 Å². The first kappa shape index (κ1) is 13.1. The molecule has 2 N–H and O–H groups in total. The fourth-order valence-electron chi connectivity index (χ4n) is 3.02. The fraction of sp³-hybridized carbons (Fsp3) is 0.625. The van der Waals surface area contributed by atoms with Crippen LogP contribution in [0.25, 0.3) is 0 Å². The molecule has 3 heteroatoms. The van der Waals surface area contributed by atoms with Crippen molar-refractivity contribution in [1.29, 1.82) is 0 Å². The summed E-state index contributed by atoms with van der Waals surface area (Å²) in [5, 5.41) is 13.2. The van der Waals surface area contributed by atoms with Gasteiger partial charge in [-0.2, -0.15) is 0 Å². The standard InChI is InChI=1S/C16H24N2O/c19-12-16(18-10-1-8-17-9-11-18)15-6-4-14(5-7-15)13-2-3-13/h4-7,13,16-17,19H,1-3,8-12H2. The summed E-state index contributed by atoms with van der Waals surface area (Å²) < 4.78 is 0. The number of benzene rings is 1. The van der Waals surface area contributed by atoms with Gasteiger partial charge in [0, 0.05) is 19.6 Å². The molecular formula is C16H24N2O. The Labute approximate surface area is 115 Å². The van der Waals surface area contributed by atoms with E-state index in [1.807, 2.05) is 0 Å². The van der Waals surface area contributed by atoms with Crippen molar-refractivity contribution in [2.75, 3.05) is 32.8 Å². The molecule has 0 amide bonds. The van der Waals surface area contributed by atoms with Crippen LogP contribution in [0.15, 0.2) is 24.3 Å². The van der Waals surface area contributed by atoms with Crippen LogP contribution in [-0.4, -0.2) is 42.8 Å². The summed E-state index contributed by atoms with van der Waals surface area (Å²) in [4.78, 5) is 2.41. The van der Waals surface area contributed by atoms with Gasteiger partial charge in [-0.15, -0.1) is 0 Å². The maximum absolute atomic E-state index is 9.75. The summed E-state index contributed by atoms with van der Waals surface area (Å²) in [6.45, 7) is 4.42. The average Bonchev–Trinajstić information content (AvgIpc) is 3.28. The molecule has 1 atom stereocenters. The minimum atomic E-state index is 0.160. The van der Waals surface area contributed by atoms with Gasteiger partial charge in [-0.3, -0.25) is 4.90 Å². The van der Waals surface area contributed by atoms with Crippen molar-refractivity contribution in [3.8, 4) is 0 Å². The van der Waals surface area contributed by atoms with E-state index in [1.54, 1.807) is 0 Å². The van der Waals surface area contributed by atoms with Crippen molar-refractivity contribution in [1.82, 2.24) is 10.2 Å². The summed E-state index contributed by atoms with van der Waals surface area (Å²) >= 11 is 0. The number of hydrogen-bond donors (Lipinski definition) is 2. The van der Waals surface area contributed by atoms with E-state index in [4.69, 9.17) is 0 Å². The zero-order valence-corrected chi connectivity index (χ0v) is 11.5. The number of rotatable bonds is 4. The zero-order valence-electron chi connectivity index (χ0n) is 11.5. The van der Waals surface area contributed by atoms with Gasteiger partial charge in [-0.1, -0.05) is 24.3 Å². The minimum Gasteiger partial charge on any atom is -0.394 e. The highest BCUT2D eigenvalue weighted by Crippen LogP contribution is 2.40. The molecule has 1 aliphatic carbocycles. The monoisotopic (exact) mass is 260 g/mol. The Hall–Kier alpha value is -0.900. The van der Waals surface area contributed by atoms with Crippen LogP contribution >= 0.6 is 0 Å². The van der Waals surface area contributed by atoms with Crippen molar-refractivity contribution in [3.05, 3.63) is 35.4 Å². The highest BCUT2D eigenvalue weighted by Gasteiger charge is 2.24. The average molecular weight is 260 g/mol. The predicted octanol–water partition coefficient (Wildman–Crippen LogP) is 1.89. The molecule has 1 unspecified atom stereocenters. The normalized spacial score (nSPS) is 23.0. The van der Waals surface area contributed by atoms with Crippen LogP contribution in [-0.2, 0) is 0 Å². The first-order valence-corrected chi connectivity index (χ1v) is 7.54. The van der Waals surface area contributed by atoms with Crippen molar-refractivity contribution in [2.45, 2.75) is 31.2 Å². The second kappa shape index (κ2) is 6.04. The molecule has 0 bridgehead atoms. The summed E-state index contributed by atoms with van der Waals surface area (Å²) in [6.07, 6.45) is 3.86. The zero-order chi connectivity index (χ0) is 13.1. The Bertz CT molecular complexity index is 392. The van der Waals surface area contributed by atoms with Crippen molar-refractivity contribution in [3.63, 3.8) is 0 Å². The molecule has 2 aliphatic rings. The predicted molar refractivity (Wildman–Crippen MR) is 77.3 cm³/mol. The molecule has 19 heavy (non-hydrogen) atoms. The van der Waals surface area contributed by atoms with Gasteiger partial charge in [0.2, 0.25) is 0 Å². The smallest absolute Gasteiger partial charge is 0.0628 e. The Morgan fingerprint density at radius 1 is 1.16 bits per heavy atom. The number of hydrogen-bond acceptors (Lipinski definition) is 3. The second-order valence-corrected chi connectivity index (χ2v) is 5.78. The first-order valence-electron chi connectivity index (χ1n) is 7.54. The third-order valence-corrected chi connectivity index (χ3v) is 4.36. The molecule has 1 saturated heterocycles. The van der Waals surface area contributed by atoms with Gasteiger partial charge in [0.1, 0.15) is 0 Å². The van der Waals surface area contributed by atoms with Crippen LogP contribution in [0.1, 0.15) is 42.3 Å². The molecule has 2 fully saturated rings. The van der Waals surface area contributed by atoms with E-state index in [0.717, 1.165) is 38.5 Å². The van der Waals surface area contributed by atoms with Gasteiger partial charge < -0.3 is 10.4 Å². The Morgan fingerprint density at radius 2 is 1.95 bits per heavy atom. The number of nitrogens with one attached hydrogen (secondary N) is 1. The van der Waals surface area contributed by atoms with E-state index in [1.165, 1.54) is 24.0 Å². The highest BCUT2D eigenvalue weighted by atomic mass is 16.3. The molecule has 3 nitrogen and oxygen atoms in total. The van der Waals surface area contributed by atoms with Crippen LogP contribution in [0.2, 0.25) is 0 Å². The minimum absolute atomic E-state index is 0.160. The molecule has 1 aliphatic heterocycles. The van der Waals surface area contributed by atoms with Crippen molar-refractivity contribution >= 4 is 0 Å². The maximum Gasteiger partial charge on any atom is 0.0628 e. The van der Waals surface area contributed by atoms with Gasteiger partial charge in [0.05, 0.1) is 12.6 Å². The third-order valence-electron chi connectivity index (χ3n) is 4.36. The molecule has 0 radical (unpaired) electrons. The third kappa shape index (κ3) is 3.16. The molecule has 1 saturated carbocycles. The molecular weight excluding hydrogens is 236 g/mol. The maximum atomic E-state index is 9.75. The summed E-state index contributed by atoms with van der Waals surface area (Å²) in [6, 6.07) is 9.10. The molecule has 1 aromatic carbocycles. The Kier molecular flexibility index (Phi) is 4.16. The van der Waals surface area contributed by atoms with Crippen LogP contribution in [0.3, 0.4) is 0 Å². The fourth-order valence-corrected chi connectivity index (χ4v) is 3.02. The molecule has 3 rings (SSSR count). The number of aliphatic hydroxyl groups is 1. The van der Waals surface area contributed by atoms with E-state index in [0.29, 0.717) is 0 Å². The van der Waals surface area contributed by atoms with Gasteiger partial charge in [-0.25, -0.2) is 0 Å². The van der Waals surface area contributed by atoms with Gasteiger partial charge >= 0.3 is 0 Å². The van der Waals surface area contributed by atoms with E-state index in [-0.39, 0.29) is 12.6 Å². The lowest BCUT2D eigenvalue weighted by Crippen LogP contribution is -2.34. The summed E-state index contributed by atoms with van der Waals surface area (Å²) in [5.41, 5.74) is 2.73. The SMILES string of the molecule is OCC(c1ccc(C2CC2)cc1)N1CCCNCC1. The van der Waals surface area contributed by atoms with Crippen molar-refractivity contribution in [2.24, 2.45) is 0 Å². The van der Waals surface area contributed by atoms with E-state index in [9.17, 15) is 5.11 Å². The van der Waals surface area contributed by atoms with Crippen LogP contribution in [0, 0.1) is 0 Å². The van der Waals surface area contributed by atoms with Crippen LogP contribution < -0.4 is 5.32 Å². The summed E-state index contributed by atoms with van der Waals surface area (Å²) in [5.74, 6) is 0.809. The van der Waals surface area contributed by atoms with E-state index < -0.39 is 0 Å². The number of nitrogens with zero attached hydrogens (tertiary/aromatic N) is 1. The number of aliphatic hydroxyl groups excluding tert-OH is 1.